The lowest BCUT2D eigenvalue weighted by atomic mass is 9.87. The molecule has 0 aliphatic carbocycles. The Morgan fingerprint density at radius 3 is 2.80 bits per heavy atom. The van der Waals surface area contributed by atoms with Crippen molar-refractivity contribution in [3.05, 3.63) is 16.4 Å². The Morgan fingerprint density at radius 2 is 2.27 bits per heavy atom. The van der Waals surface area contributed by atoms with E-state index in [9.17, 15) is 0 Å². The van der Waals surface area contributed by atoms with Crippen molar-refractivity contribution in [2.45, 2.75) is 24.9 Å². The molecule has 1 fully saturated rings. The second-order valence-electron chi connectivity index (χ2n) is 4.01. The van der Waals surface area contributed by atoms with Crippen molar-refractivity contribution in [2.75, 3.05) is 20.2 Å². The van der Waals surface area contributed by atoms with Crippen LogP contribution in [-0.4, -0.2) is 36.0 Å². The number of nitrogens with one attached hydrogen (secondary N) is 2. The molecule has 4 nitrogen and oxygen atoms in total. The van der Waals surface area contributed by atoms with Crippen LogP contribution in [0.3, 0.4) is 0 Å². The van der Waals surface area contributed by atoms with Crippen LogP contribution >= 0.6 is 15.9 Å². The van der Waals surface area contributed by atoms with Gasteiger partial charge in [0, 0.05) is 13.5 Å². The van der Waals surface area contributed by atoms with Crippen LogP contribution in [0.15, 0.2) is 10.7 Å². The molecule has 2 rings (SSSR count). The first kappa shape index (κ1) is 11.1. The van der Waals surface area contributed by atoms with Crippen LogP contribution < -0.4 is 5.32 Å². The zero-order valence-corrected chi connectivity index (χ0v) is 10.4. The van der Waals surface area contributed by atoms with Gasteiger partial charge in [-0.25, -0.2) is 0 Å². The first-order valence-corrected chi connectivity index (χ1v) is 5.99. The van der Waals surface area contributed by atoms with Gasteiger partial charge in [0.05, 0.1) is 22.0 Å². The molecule has 0 saturated carbocycles. The molecule has 5 heteroatoms. The normalized spacial score (nSPS) is 20.4. The van der Waals surface area contributed by atoms with Gasteiger partial charge >= 0.3 is 0 Å². The smallest absolute Gasteiger partial charge is 0.0758 e. The van der Waals surface area contributed by atoms with Crippen LogP contribution in [0.25, 0.3) is 0 Å². The summed E-state index contributed by atoms with van der Waals surface area (Å²) in [5.74, 6) is 0. The standard InChI is InChI=1S/C10H16BrN3O/c1-15-10(2-4-12-5-3-10)6-9-8(11)7-13-14-9/h7,12H,2-6H2,1H3,(H,13,14). The van der Waals surface area contributed by atoms with Gasteiger partial charge in [-0.1, -0.05) is 0 Å². The Bertz CT molecular complexity index is 320. The first-order chi connectivity index (χ1) is 7.26. The number of nitrogens with zero attached hydrogens (tertiary/aromatic N) is 1. The SMILES string of the molecule is COC1(Cc2[nH]ncc2Br)CCNCC1. The van der Waals surface area contributed by atoms with E-state index < -0.39 is 0 Å². The highest BCUT2D eigenvalue weighted by molar-refractivity contribution is 9.10. The Balaban J connectivity index is 2.10. The number of hydrogen-bond donors (Lipinski definition) is 2. The van der Waals surface area contributed by atoms with Crippen LogP contribution in [0.5, 0.6) is 0 Å². The summed E-state index contributed by atoms with van der Waals surface area (Å²) in [6, 6.07) is 0. The Morgan fingerprint density at radius 1 is 1.53 bits per heavy atom. The van der Waals surface area contributed by atoms with E-state index in [4.69, 9.17) is 4.74 Å². The second-order valence-corrected chi connectivity index (χ2v) is 4.86. The van der Waals surface area contributed by atoms with E-state index in [0.29, 0.717) is 0 Å². The Hall–Kier alpha value is -0.390. The molecule has 2 N–H and O–H groups in total. The molecule has 0 bridgehead atoms. The first-order valence-electron chi connectivity index (χ1n) is 5.19. The number of piperidine rings is 1. The molecular weight excluding hydrogens is 258 g/mol. The summed E-state index contributed by atoms with van der Waals surface area (Å²) in [4.78, 5) is 0. The van der Waals surface area contributed by atoms with E-state index in [1.165, 1.54) is 0 Å². The summed E-state index contributed by atoms with van der Waals surface area (Å²) >= 11 is 3.48. The van der Waals surface area contributed by atoms with E-state index in [-0.39, 0.29) is 5.60 Å². The van der Waals surface area contributed by atoms with Crippen molar-refractivity contribution in [3.63, 3.8) is 0 Å². The lowest BCUT2D eigenvalue weighted by Gasteiger charge is -2.36. The summed E-state index contributed by atoms with van der Waals surface area (Å²) in [5, 5.41) is 10.4. The maximum absolute atomic E-state index is 5.70. The van der Waals surface area contributed by atoms with Crippen LogP contribution in [0.1, 0.15) is 18.5 Å². The molecule has 1 aromatic heterocycles. The summed E-state index contributed by atoms with van der Waals surface area (Å²) < 4.78 is 6.74. The molecule has 1 aromatic rings. The molecule has 84 valence electrons. The van der Waals surface area contributed by atoms with Gasteiger partial charge in [0.2, 0.25) is 0 Å². The van der Waals surface area contributed by atoms with Crippen molar-refractivity contribution >= 4 is 15.9 Å². The maximum atomic E-state index is 5.70. The number of rotatable bonds is 3. The molecule has 0 unspecified atom stereocenters. The number of aromatic nitrogens is 2. The number of halogens is 1. The largest absolute Gasteiger partial charge is 0.378 e. The van der Waals surface area contributed by atoms with E-state index in [1.807, 2.05) is 0 Å². The molecule has 0 aromatic carbocycles. The van der Waals surface area contributed by atoms with Gasteiger partial charge in [0.1, 0.15) is 0 Å². The molecule has 1 aliphatic rings. The lowest BCUT2D eigenvalue weighted by Crippen LogP contribution is -2.45. The van der Waals surface area contributed by atoms with Gasteiger partial charge < -0.3 is 10.1 Å². The maximum Gasteiger partial charge on any atom is 0.0758 e. The average Bonchev–Trinajstić information content (AvgIpc) is 2.66. The van der Waals surface area contributed by atoms with Gasteiger partial charge in [0.25, 0.3) is 0 Å². The van der Waals surface area contributed by atoms with Crippen LogP contribution in [-0.2, 0) is 11.2 Å². The van der Waals surface area contributed by atoms with E-state index in [0.717, 1.165) is 42.5 Å². The average molecular weight is 274 g/mol. The fourth-order valence-corrected chi connectivity index (χ4v) is 2.41. The third-order valence-corrected chi connectivity index (χ3v) is 3.80. The number of ether oxygens (including phenoxy) is 1. The van der Waals surface area contributed by atoms with Crippen molar-refractivity contribution in [1.82, 2.24) is 15.5 Å². The minimum atomic E-state index is -0.0275. The summed E-state index contributed by atoms with van der Waals surface area (Å²) in [5.41, 5.74) is 1.10. The Labute approximate surface area is 97.9 Å². The van der Waals surface area contributed by atoms with Crippen molar-refractivity contribution in [3.8, 4) is 0 Å². The second kappa shape index (κ2) is 4.63. The van der Waals surface area contributed by atoms with Crippen LogP contribution in [0, 0.1) is 0 Å². The third kappa shape index (κ3) is 2.41. The van der Waals surface area contributed by atoms with Crippen molar-refractivity contribution in [2.24, 2.45) is 0 Å². The summed E-state index contributed by atoms with van der Waals surface area (Å²) in [6.45, 7) is 2.05. The van der Waals surface area contributed by atoms with E-state index >= 15 is 0 Å². The summed E-state index contributed by atoms with van der Waals surface area (Å²) in [6.07, 6.45) is 4.79. The topological polar surface area (TPSA) is 49.9 Å². The molecule has 15 heavy (non-hydrogen) atoms. The quantitative estimate of drug-likeness (QED) is 0.877. The molecular formula is C10H16BrN3O. The van der Waals surface area contributed by atoms with Gasteiger partial charge in [-0.05, 0) is 41.9 Å². The highest BCUT2D eigenvalue weighted by Gasteiger charge is 2.33. The van der Waals surface area contributed by atoms with E-state index in [1.54, 1.807) is 13.3 Å². The van der Waals surface area contributed by atoms with E-state index in [2.05, 4.69) is 31.4 Å². The zero-order valence-electron chi connectivity index (χ0n) is 8.85. The number of H-pyrrole nitrogens is 1. The van der Waals surface area contributed by atoms with Crippen LogP contribution in [0.4, 0.5) is 0 Å². The molecule has 2 heterocycles. The van der Waals surface area contributed by atoms with Crippen molar-refractivity contribution in [1.29, 1.82) is 0 Å². The molecule has 0 spiro atoms. The highest BCUT2D eigenvalue weighted by Crippen LogP contribution is 2.28. The molecule has 1 saturated heterocycles. The molecule has 0 amide bonds. The fraction of sp³-hybridized carbons (Fsp3) is 0.700. The van der Waals surface area contributed by atoms with Gasteiger partial charge in [0.15, 0.2) is 0 Å². The van der Waals surface area contributed by atoms with Crippen molar-refractivity contribution < 1.29 is 4.74 Å². The molecule has 1 aliphatic heterocycles. The van der Waals surface area contributed by atoms with Gasteiger partial charge in [-0.15, -0.1) is 0 Å². The fourth-order valence-electron chi connectivity index (χ4n) is 2.08. The number of methoxy groups -OCH3 is 1. The van der Waals surface area contributed by atoms with Crippen LogP contribution in [0.2, 0.25) is 0 Å². The zero-order chi connectivity index (χ0) is 10.7. The number of hydrogen-bond acceptors (Lipinski definition) is 3. The van der Waals surface area contributed by atoms with Gasteiger partial charge in [-0.3, -0.25) is 5.10 Å². The lowest BCUT2D eigenvalue weighted by molar-refractivity contribution is -0.0341. The summed E-state index contributed by atoms with van der Waals surface area (Å²) in [7, 11) is 1.80. The highest BCUT2D eigenvalue weighted by atomic mass is 79.9. The molecule has 0 radical (unpaired) electrons. The predicted octanol–water partition coefficient (Wildman–Crippen LogP) is 1.48. The number of aromatic amines is 1. The predicted molar refractivity (Wildman–Crippen MR) is 61.8 cm³/mol. The molecule has 0 atom stereocenters. The monoisotopic (exact) mass is 273 g/mol. The Kier molecular flexibility index (Phi) is 3.43. The van der Waals surface area contributed by atoms with Gasteiger partial charge in [-0.2, -0.15) is 5.10 Å². The minimum Gasteiger partial charge on any atom is -0.378 e. The minimum absolute atomic E-state index is 0.0275. The third-order valence-electron chi connectivity index (χ3n) is 3.11.